The molecule has 0 spiro atoms. The molecular weight excluding hydrogens is 375 g/mol. The fourth-order valence-electron chi connectivity index (χ4n) is 4.65. The molecule has 1 fully saturated rings. The lowest BCUT2D eigenvalue weighted by Crippen LogP contribution is -2.46. The molecule has 1 saturated carbocycles. The number of aliphatic hydroxyl groups excluding tert-OH is 1. The van der Waals surface area contributed by atoms with Crippen molar-refractivity contribution in [1.82, 2.24) is 0 Å². The lowest BCUT2D eigenvalue weighted by Gasteiger charge is -2.48. The maximum atomic E-state index is 13.4. The average molecular weight is 400 g/mol. The summed E-state index contributed by atoms with van der Waals surface area (Å²) in [4.78, 5) is 12.9. The smallest absolute Gasteiger partial charge is 0.182 e. The summed E-state index contributed by atoms with van der Waals surface area (Å²) >= 11 is 0. The number of carbonyl (C=O) groups excluding carboxylic acids is 1. The molecule has 0 aromatic heterocycles. The van der Waals surface area contributed by atoms with Crippen molar-refractivity contribution in [3.05, 3.63) is 88.3 Å². The van der Waals surface area contributed by atoms with Crippen molar-refractivity contribution >= 4 is 11.9 Å². The molecule has 2 aromatic rings. The van der Waals surface area contributed by atoms with Gasteiger partial charge >= 0.3 is 0 Å². The molecule has 0 aliphatic heterocycles. The molecule has 0 radical (unpaired) electrons. The molecule has 2 aliphatic carbocycles. The molecule has 0 saturated heterocycles. The summed E-state index contributed by atoms with van der Waals surface area (Å²) in [5.74, 6) is 5.72. The van der Waals surface area contributed by atoms with Crippen molar-refractivity contribution in [1.29, 1.82) is 0 Å². The molecule has 3 heteroatoms. The van der Waals surface area contributed by atoms with Crippen molar-refractivity contribution in [2.45, 2.75) is 39.2 Å². The quantitative estimate of drug-likeness (QED) is 0.521. The predicted molar refractivity (Wildman–Crippen MR) is 117 cm³/mol. The molecule has 0 bridgehead atoms. The van der Waals surface area contributed by atoms with Crippen LogP contribution in [0.25, 0.3) is 6.08 Å². The first-order chi connectivity index (χ1) is 14.4. The van der Waals surface area contributed by atoms with Crippen LogP contribution < -0.4 is 0 Å². The largest absolute Gasteiger partial charge is 0.392 e. The predicted octanol–water partition coefficient (Wildman–Crippen LogP) is 5.31. The van der Waals surface area contributed by atoms with Gasteiger partial charge in [-0.1, -0.05) is 55.5 Å². The first-order valence-corrected chi connectivity index (χ1v) is 10.4. The molecule has 2 aliphatic rings. The van der Waals surface area contributed by atoms with E-state index in [0.29, 0.717) is 11.1 Å². The van der Waals surface area contributed by atoms with Crippen molar-refractivity contribution in [3.63, 3.8) is 0 Å². The van der Waals surface area contributed by atoms with Crippen molar-refractivity contribution in [2.24, 2.45) is 11.3 Å². The highest BCUT2D eigenvalue weighted by atomic mass is 19.1. The minimum Gasteiger partial charge on any atom is -0.392 e. The number of hydrogen-bond acceptors (Lipinski definition) is 2. The minimum atomic E-state index is -0.452. The van der Waals surface area contributed by atoms with Gasteiger partial charge in [-0.15, -0.1) is 0 Å². The van der Waals surface area contributed by atoms with Gasteiger partial charge in [0.2, 0.25) is 0 Å². The van der Waals surface area contributed by atoms with Crippen LogP contribution in [0.4, 0.5) is 4.39 Å². The van der Waals surface area contributed by atoms with E-state index in [2.05, 4.69) is 18.8 Å². The Bertz CT molecular complexity index is 1110. The lowest BCUT2D eigenvalue weighted by molar-refractivity contribution is -0.113. The SMILES string of the molecule is C[C@H]1/C(=C\c2ccccc2C#Cc2cccc(F)c2)C(=O)C=C2CCC[C@H](O)[C@]21C. The van der Waals surface area contributed by atoms with Crippen LogP contribution in [-0.4, -0.2) is 17.0 Å². The second-order valence-electron chi connectivity index (χ2n) is 8.39. The van der Waals surface area contributed by atoms with Crippen molar-refractivity contribution in [3.8, 4) is 11.8 Å². The van der Waals surface area contributed by atoms with E-state index in [4.69, 9.17) is 0 Å². The van der Waals surface area contributed by atoms with E-state index in [0.717, 1.165) is 36.0 Å². The third-order valence-corrected chi connectivity index (χ3v) is 6.70. The molecule has 0 unspecified atom stereocenters. The van der Waals surface area contributed by atoms with E-state index in [1.807, 2.05) is 37.3 Å². The molecular formula is C27H25FO2. The molecule has 0 heterocycles. The van der Waals surface area contributed by atoms with Crippen LogP contribution in [0.2, 0.25) is 0 Å². The standard InChI is InChI=1S/C27H25FO2/c1-18-24(25(29)17-22-10-6-12-26(30)27(18,22)2)16-21-9-4-3-8-20(21)14-13-19-7-5-11-23(28)15-19/h3-5,7-9,11,15-18,26,30H,6,10,12H2,1-2H3/b24-16+/t18-,26-,27-/m0/s1. The van der Waals surface area contributed by atoms with Crippen LogP contribution in [0.5, 0.6) is 0 Å². The molecule has 1 N–H and O–H groups in total. The fourth-order valence-corrected chi connectivity index (χ4v) is 4.65. The van der Waals surface area contributed by atoms with Gasteiger partial charge in [-0.3, -0.25) is 4.79 Å². The van der Waals surface area contributed by atoms with Gasteiger partial charge in [0.05, 0.1) is 6.10 Å². The maximum Gasteiger partial charge on any atom is 0.182 e. The second kappa shape index (κ2) is 8.05. The average Bonchev–Trinajstić information content (AvgIpc) is 2.73. The van der Waals surface area contributed by atoms with E-state index < -0.39 is 11.5 Å². The summed E-state index contributed by atoms with van der Waals surface area (Å²) in [6.07, 6.45) is 5.73. The highest BCUT2D eigenvalue weighted by Gasteiger charge is 2.48. The van der Waals surface area contributed by atoms with Gasteiger partial charge in [-0.05, 0) is 67.2 Å². The van der Waals surface area contributed by atoms with Crippen molar-refractivity contribution < 1.29 is 14.3 Å². The molecule has 2 nitrogen and oxygen atoms in total. The first kappa shape index (κ1) is 20.3. The lowest BCUT2D eigenvalue weighted by atomic mass is 9.57. The third-order valence-electron chi connectivity index (χ3n) is 6.70. The summed E-state index contributed by atoms with van der Waals surface area (Å²) in [7, 11) is 0. The Morgan fingerprint density at radius 1 is 1.17 bits per heavy atom. The normalized spacial score (nSPS) is 27.1. The molecule has 0 amide bonds. The van der Waals surface area contributed by atoms with E-state index >= 15 is 0 Å². The summed E-state index contributed by atoms with van der Waals surface area (Å²) < 4.78 is 13.4. The topological polar surface area (TPSA) is 37.3 Å². The van der Waals surface area contributed by atoms with Crippen LogP contribution in [-0.2, 0) is 4.79 Å². The zero-order valence-electron chi connectivity index (χ0n) is 17.3. The zero-order valence-corrected chi connectivity index (χ0v) is 17.3. The Labute approximate surface area is 177 Å². The van der Waals surface area contributed by atoms with Gasteiger partial charge in [0, 0.05) is 22.1 Å². The van der Waals surface area contributed by atoms with Crippen LogP contribution in [0.15, 0.2) is 65.8 Å². The number of rotatable bonds is 1. The molecule has 152 valence electrons. The highest BCUT2D eigenvalue weighted by Crippen LogP contribution is 2.51. The van der Waals surface area contributed by atoms with E-state index in [-0.39, 0.29) is 17.5 Å². The van der Waals surface area contributed by atoms with E-state index in [1.54, 1.807) is 18.2 Å². The van der Waals surface area contributed by atoms with E-state index in [1.165, 1.54) is 12.1 Å². The first-order valence-electron chi connectivity index (χ1n) is 10.4. The number of fused-ring (bicyclic) bond motifs is 1. The van der Waals surface area contributed by atoms with E-state index in [9.17, 15) is 14.3 Å². The van der Waals surface area contributed by atoms with Gasteiger partial charge in [0.25, 0.3) is 0 Å². The van der Waals surface area contributed by atoms with Crippen LogP contribution in [0.1, 0.15) is 49.8 Å². The summed E-state index contributed by atoms with van der Waals surface area (Å²) in [6.45, 7) is 4.11. The summed E-state index contributed by atoms with van der Waals surface area (Å²) in [5, 5.41) is 10.8. The Morgan fingerprint density at radius 3 is 2.77 bits per heavy atom. The van der Waals surface area contributed by atoms with Crippen molar-refractivity contribution in [2.75, 3.05) is 0 Å². The molecule has 4 rings (SSSR count). The summed E-state index contributed by atoms with van der Waals surface area (Å²) in [6, 6.07) is 13.8. The maximum absolute atomic E-state index is 13.4. The molecule has 30 heavy (non-hydrogen) atoms. The monoisotopic (exact) mass is 400 g/mol. The number of allylic oxidation sites excluding steroid dienone is 2. The molecule has 3 atom stereocenters. The Kier molecular flexibility index (Phi) is 5.45. The van der Waals surface area contributed by atoms with Crippen LogP contribution in [0.3, 0.4) is 0 Å². The van der Waals surface area contributed by atoms with Crippen LogP contribution in [0, 0.1) is 29.0 Å². The Balaban J connectivity index is 1.74. The minimum absolute atomic E-state index is 0.0111. The number of carbonyl (C=O) groups is 1. The van der Waals surface area contributed by atoms with Gasteiger partial charge in [0.1, 0.15) is 5.82 Å². The third kappa shape index (κ3) is 3.64. The van der Waals surface area contributed by atoms with Gasteiger partial charge < -0.3 is 5.11 Å². The van der Waals surface area contributed by atoms with Gasteiger partial charge in [0.15, 0.2) is 5.78 Å². The number of ketones is 1. The number of hydrogen-bond donors (Lipinski definition) is 1. The van der Waals surface area contributed by atoms with Crippen LogP contribution >= 0.6 is 0 Å². The Morgan fingerprint density at radius 2 is 1.97 bits per heavy atom. The number of benzene rings is 2. The zero-order chi connectivity index (χ0) is 21.3. The highest BCUT2D eigenvalue weighted by molar-refractivity contribution is 6.09. The second-order valence-corrected chi connectivity index (χ2v) is 8.39. The molecule has 2 aromatic carbocycles. The number of halogens is 1. The summed E-state index contributed by atoms with van der Waals surface area (Å²) in [5.41, 5.74) is 3.57. The van der Waals surface area contributed by atoms with Gasteiger partial charge in [-0.25, -0.2) is 4.39 Å². The Hall–Kier alpha value is -2.96. The van der Waals surface area contributed by atoms with Gasteiger partial charge in [-0.2, -0.15) is 0 Å². The number of aliphatic hydroxyl groups is 1. The fraction of sp³-hybridized carbons (Fsp3) is 0.296.